The van der Waals surface area contributed by atoms with E-state index in [1.807, 2.05) is 18.2 Å². The number of anilines is 1. The van der Waals surface area contributed by atoms with Gasteiger partial charge < -0.3 is 27.2 Å². The van der Waals surface area contributed by atoms with Crippen molar-refractivity contribution < 1.29 is 61.4 Å². The molecule has 1 aliphatic rings. The van der Waals surface area contributed by atoms with E-state index in [2.05, 4.69) is 9.88 Å². The zero-order valence-corrected chi connectivity index (χ0v) is 19.4. The van der Waals surface area contributed by atoms with Gasteiger partial charge in [0.05, 0.1) is 0 Å². The Morgan fingerprint density at radius 3 is 2.17 bits per heavy atom. The normalized spacial score (nSPS) is 16.0. The van der Waals surface area contributed by atoms with Gasteiger partial charge in [-0.3, -0.25) is 9.78 Å². The van der Waals surface area contributed by atoms with Gasteiger partial charge in [0.1, 0.15) is 5.75 Å². The molecule has 0 aliphatic carbocycles. The molecule has 150 valence electrons. The summed E-state index contributed by atoms with van der Waals surface area (Å²) in [5.74, 6) is -1.38. The van der Waals surface area contributed by atoms with E-state index in [1.54, 1.807) is 48.5 Å². The molecule has 0 saturated carbocycles. The van der Waals surface area contributed by atoms with E-state index in [9.17, 15) is 14.7 Å². The van der Waals surface area contributed by atoms with Crippen LogP contribution in [0.3, 0.4) is 0 Å². The number of para-hydroxylation sites is 1. The van der Waals surface area contributed by atoms with Crippen LogP contribution in [0.1, 0.15) is 13.3 Å². The number of piperazine rings is 1. The standard InChI is InChI=1S/C20H23N3O4.ClH.Na/c1-2-18(24)20(19(25)26,27-17-6-4-3-5-7-17)23-14-12-22(13-15-23)16-8-10-21-11-9-16;;/h3-11H,2,12-15H2,1H3,(H,25,26);1H;/q;;+1/p-1. The Morgan fingerprint density at radius 2 is 1.66 bits per heavy atom. The topological polar surface area (TPSA) is 83.0 Å². The molecule has 1 saturated heterocycles. The number of benzene rings is 1. The molecule has 7 nitrogen and oxygen atoms in total. The molecule has 29 heavy (non-hydrogen) atoms. The van der Waals surface area contributed by atoms with Crippen LogP contribution in [0.15, 0.2) is 54.9 Å². The summed E-state index contributed by atoms with van der Waals surface area (Å²) in [6.45, 7) is 3.63. The first-order valence-corrected chi connectivity index (χ1v) is 8.98. The molecule has 0 radical (unpaired) electrons. The van der Waals surface area contributed by atoms with Crippen LogP contribution in [0.25, 0.3) is 0 Å². The first-order chi connectivity index (χ1) is 13.1. The van der Waals surface area contributed by atoms with E-state index in [0.29, 0.717) is 31.9 Å². The van der Waals surface area contributed by atoms with E-state index in [4.69, 9.17) is 4.74 Å². The minimum atomic E-state index is -2.01. The third kappa shape index (κ3) is 5.49. The van der Waals surface area contributed by atoms with Crippen LogP contribution in [0.5, 0.6) is 5.75 Å². The number of carbonyl (C=O) groups is 2. The van der Waals surface area contributed by atoms with E-state index in [1.165, 1.54) is 0 Å². The molecular formula is C20H23ClN3NaO4. The van der Waals surface area contributed by atoms with Gasteiger partial charge in [-0.2, -0.15) is 0 Å². The van der Waals surface area contributed by atoms with Crippen molar-refractivity contribution in [3.63, 3.8) is 0 Å². The summed E-state index contributed by atoms with van der Waals surface area (Å²) in [5.41, 5.74) is -0.989. The summed E-state index contributed by atoms with van der Waals surface area (Å²) in [6.07, 6.45) is 3.52. The van der Waals surface area contributed by atoms with Crippen LogP contribution in [0, 0.1) is 0 Å². The van der Waals surface area contributed by atoms with Crippen LogP contribution in [0.2, 0.25) is 0 Å². The molecule has 1 N–H and O–H groups in total. The molecule has 2 aromatic rings. The zero-order chi connectivity index (χ0) is 19.3. The van der Waals surface area contributed by atoms with E-state index in [0.717, 1.165) is 5.69 Å². The first-order valence-electron chi connectivity index (χ1n) is 8.98. The summed E-state index contributed by atoms with van der Waals surface area (Å²) in [5, 5.41) is 10.0. The Balaban J connectivity index is 0.00000210. The van der Waals surface area contributed by atoms with Crippen LogP contribution in [-0.2, 0) is 9.59 Å². The number of aromatic nitrogens is 1. The van der Waals surface area contributed by atoms with Crippen molar-refractivity contribution in [2.45, 2.75) is 19.1 Å². The summed E-state index contributed by atoms with van der Waals surface area (Å²) < 4.78 is 5.84. The number of nitrogens with zero attached hydrogens (tertiary/aromatic N) is 3. The van der Waals surface area contributed by atoms with Gasteiger partial charge in [0.2, 0.25) is 5.78 Å². The quantitative estimate of drug-likeness (QED) is 0.357. The Labute approximate surface area is 198 Å². The minimum absolute atomic E-state index is 0. The number of carboxylic acids is 1. The molecule has 1 unspecified atom stereocenters. The maximum atomic E-state index is 12.8. The second kappa shape index (κ2) is 11.5. The number of pyridine rings is 1. The number of carbonyl (C=O) groups excluding carboxylic acids is 1. The summed E-state index contributed by atoms with van der Waals surface area (Å²) in [4.78, 5) is 32.8. The van der Waals surface area contributed by atoms with Crippen molar-refractivity contribution >= 4 is 17.4 Å². The Kier molecular flexibility index (Phi) is 10.1. The predicted molar refractivity (Wildman–Crippen MR) is 101 cm³/mol. The number of halogens is 1. The van der Waals surface area contributed by atoms with Crippen molar-refractivity contribution in [1.29, 1.82) is 0 Å². The van der Waals surface area contributed by atoms with Crippen molar-refractivity contribution in [2.75, 3.05) is 31.1 Å². The zero-order valence-electron chi connectivity index (χ0n) is 16.6. The van der Waals surface area contributed by atoms with E-state index in [-0.39, 0.29) is 48.4 Å². The van der Waals surface area contributed by atoms with Gasteiger partial charge >= 0.3 is 41.3 Å². The largest absolute Gasteiger partial charge is 1.00 e. The molecule has 0 amide bonds. The first kappa shape index (κ1) is 25.4. The number of hydrogen-bond donors (Lipinski definition) is 1. The number of ether oxygens (including phenoxy) is 1. The van der Waals surface area contributed by atoms with Crippen molar-refractivity contribution in [3.8, 4) is 5.75 Å². The molecular weight excluding hydrogens is 405 g/mol. The fraction of sp³-hybridized carbons (Fsp3) is 0.350. The molecule has 2 heterocycles. The maximum absolute atomic E-state index is 12.8. The van der Waals surface area contributed by atoms with Crippen molar-refractivity contribution in [3.05, 3.63) is 54.9 Å². The van der Waals surface area contributed by atoms with Crippen LogP contribution in [0.4, 0.5) is 5.69 Å². The average molecular weight is 428 g/mol. The van der Waals surface area contributed by atoms with Gasteiger partial charge in [0.25, 0.3) is 0 Å². The Hall–Kier alpha value is -1.64. The average Bonchev–Trinajstić information content (AvgIpc) is 2.73. The number of hydrogen-bond acceptors (Lipinski definition) is 6. The number of aliphatic carboxylic acids is 1. The summed E-state index contributed by atoms with van der Waals surface area (Å²) in [7, 11) is 0. The Morgan fingerprint density at radius 1 is 1.07 bits per heavy atom. The van der Waals surface area contributed by atoms with Gasteiger partial charge in [0.15, 0.2) is 0 Å². The molecule has 1 aliphatic heterocycles. The van der Waals surface area contributed by atoms with Crippen LogP contribution in [-0.4, -0.2) is 58.6 Å². The van der Waals surface area contributed by atoms with Gasteiger partial charge in [-0.05, 0) is 24.3 Å². The van der Waals surface area contributed by atoms with Crippen molar-refractivity contribution in [1.82, 2.24) is 9.88 Å². The third-order valence-electron chi connectivity index (χ3n) is 4.75. The van der Waals surface area contributed by atoms with Gasteiger partial charge in [-0.15, -0.1) is 0 Å². The Bertz CT molecular complexity index is 789. The number of carboxylic acid groups (broad SMARTS) is 1. The van der Waals surface area contributed by atoms with Crippen LogP contribution >= 0.6 is 0 Å². The molecule has 1 atom stereocenters. The molecule has 0 spiro atoms. The fourth-order valence-corrected chi connectivity index (χ4v) is 3.33. The predicted octanol–water partition coefficient (Wildman–Crippen LogP) is -3.95. The van der Waals surface area contributed by atoms with Crippen molar-refractivity contribution in [2.24, 2.45) is 0 Å². The number of ketones is 1. The number of rotatable bonds is 7. The van der Waals surface area contributed by atoms with E-state index >= 15 is 0 Å². The van der Waals surface area contributed by atoms with E-state index < -0.39 is 17.5 Å². The second-order valence-electron chi connectivity index (χ2n) is 6.32. The second-order valence-corrected chi connectivity index (χ2v) is 6.32. The molecule has 1 aromatic heterocycles. The molecule has 9 heteroatoms. The van der Waals surface area contributed by atoms with Gasteiger partial charge in [-0.25, -0.2) is 9.69 Å². The molecule has 0 bridgehead atoms. The number of Topliss-reactive ketones (excluding diaryl/α,β-unsaturated/α-hetero) is 1. The third-order valence-corrected chi connectivity index (χ3v) is 4.75. The monoisotopic (exact) mass is 427 g/mol. The van der Waals surface area contributed by atoms with Crippen LogP contribution < -0.4 is 51.6 Å². The molecule has 1 aromatic carbocycles. The smallest absolute Gasteiger partial charge is 1.00 e. The van der Waals surface area contributed by atoms with Gasteiger partial charge in [0, 0.05) is 50.7 Å². The minimum Gasteiger partial charge on any atom is -1.00 e. The van der Waals surface area contributed by atoms with Gasteiger partial charge in [-0.1, -0.05) is 25.1 Å². The SMILES string of the molecule is CCC(=O)C(Oc1ccccc1)(C(=O)O)N1CCN(c2ccncc2)CC1.[Cl-].[Na+]. The summed E-state index contributed by atoms with van der Waals surface area (Å²) in [6, 6.07) is 12.5. The summed E-state index contributed by atoms with van der Waals surface area (Å²) >= 11 is 0. The molecule has 1 fully saturated rings. The maximum Gasteiger partial charge on any atom is 1.00 e. The fourth-order valence-electron chi connectivity index (χ4n) is 3.33. The molecule has 3 rings (SSSR count).